The summed E-state index contributed by atoms with van der Waals surface area (Å²) in [7, 11) is 4.11. The van der Waals surface area contributed by atoms with Crippen LogP contribution in [0.5, 0.6) is 0 Å². The zero-order chi connectivity index (χ0) is 18.7. The predicted octanol–water partition coefficient (Wildman–Crippen LogP) is 4.07. The van der Waals surface area contributed by atoms with Crippen LogP contribution in [0, 0.1) is 5.92 Å². The van der Waals surface area contributed by atoms with E-state index in [0.29, 0.717) is 6.42 Å². The predicted molar refractivity (Wildman–Crippen MR) is 102 cm³/mol. The van der Waals surface area contributed by atoms with Crippen LogP contribution in [0.1, 0.15) is 53.2 Å². The highest BCUT2D eigenvalue weighted by Crippen LogP contribution is 2.48. The van der Waals surface area contributed by atoms with Crippen LogP contribution in [0.4, 0.5) is 0 Å². The second kappa shape index (κ2) is 7.60. The molecule has 3 rings (SSSR count). The van der Waals surface area contributed by atoms with Gasteiger partial charge in [-0.3, -0.25) is 0 Å². The summed E-state index contributed by atoms with van der Waals surface area (Å²) in [5.74, 6) is -0.900. The molecule has 138 valence electrons. The van der Waals surface area contributed by atoms with Crippen molar-refractivity contribution in [2.24, 2.45) is 5.92 Å². The fourth-order valence-electron chi connectivity index (χ4n) is 4.40. The fourth-order valence-corrected chi connectivity index (χ4v) is 4.40. The van der Waals surface area contributed by atoms with Gasteiger partial charge >= 0.3 is 5.97 Å². The van der Waals surface area contributed by atoms with Crippen LogP contribution in [-0.4, -0.2) is 35.2 Å². The lowest BCUT2D eigenvalue weighted by Gasteiger charge is -2.46. The number of hydrogen-bond acceptors (Lipinski definition) is 3. The Hall–Kier alpha value is -2.17. The van der Waals surface area contributed by atoms with Gasteiger partial charge < -0.3 is 15.1 Å². The Kier molecular flexibility index (Phi) is 5.44. The van der Waals surface area contributed by atoms with E-state index in [4.69, 9.17) is 5.11 Å². The summed E-state index contributed by atoms with van der Waals surface area (Å²) in [6.45, 7) is 0. The number of aliphatic hydroxyl groups is 1. The number of rotatable bonds is 5. The second-order valence-corrected chi connectivity index (χ2v) is 7.48. The van der Waals surface area contributed by atoms with E-state index in [1.54, 1.807) is 24.3 Å². The summed E-state index contributed by atoms with van der Waals surface area (Å²) in [4.78, 5) is 13.3. The van der Waals surface area contributed by atoms with Gasteiger partial charge in [0.05, 0.1) is 11.2 Å². The van der Waals surface area contributed by atoms with Crippen molar-refractivity contribution in [3.8, 4) is 0 Å². The summed E-state index contributed by atoms with van der Waals surface area (Å²) in [5.41, 5.74) is 1.30. The first kappa shape index (κ1) is 18.6. The maximum Gasteiger partial charge on any atom is 0.335 e. The second-order valence-electron chi connectivity index (χ2n) is 7.48. The molecule has 1 aliphatic carbocycles. The number of nitrogens with zero attached hydrogens (tertiary/aromatic N) is 1. The normalized spacial score (nSPS) is 24.4. The van der Waals surface area contributed by atoms with E-state index in [2.05, 4.69) is 31.1 Å². The van der Waals surface area contributed by atoms with Crippen molar-refractivity contribution >= 4 is 5.97 Å². The Morgan fingerprint density at radius 2 is 1.73 bits per heavy atom. The Morgan fingerprint density at radius 1 is 1.08 bits per heavy atom. The molecule has 0 aliphatic heterocycles. The number of aromatic carboxylic acids is 1. The van der Waals surface area contributed by atoms with Crippen LogP contribution in [-0.2, 0) is 5.60 Å². The zero-order valence-corrected chi connectivity index (χ0v) is 15.4. The highest BCUT2D eigenvalue weighted by molar-refractivity contribution is 5.87. The quantitative estimate of drug-likeness (QED) is 0.851. The molecule has 0 amide bonds. The molecule has 1 aliphatic rings. The minimum absolute atomic E-state index is 0.0457. The van der Waals surface area contributed by atoms with Crippen molar-refractivity contribution in [1.29, 1.82) is 0 Å². The molecule has 3 unspecified atom stereocenters. The molecule has 0 heterocycles. The van der Waals surface area contributed by atoms with Crippen LogP contribution in [0.25, 0.3) is 0 Å². The monoisotopic (exact) mass is 353 g/mol. The first-order valence-corrected chi connectivity index (χ1v) is 9.21. The van der Waals surface area contributed by atoms with Crippen molar-refractivity contribution in [3.05, 3.63) is 71.3 Å². The standard InChI is InChI=1S/C22H27NO3/c1-23(2)20(16-8-4-3-5-9-16)19-10-6-7-15-22(19,26)18-13-11-17(12-14-18)21(24)25/h3-5,8-9,11-14,19-20,26H,6-7,10,15H2,1-2H3,(H,24,25). The number of carbonyl (C=O) groups is 1. The van der Waals surface area contributed by atoms with Gasteiger partial charge in [0, 0.05) is 12.0 Å². The summed E-state index contributed by atoms with van der Waals surface area (Å²) < 4.78 is 0. The summed E-state index contributed by atoms with van der Waals surface area (Å²) >= 11 is 0. The van der Waals surface area contributed by atoms with Crippen molar-refractivity contribution in [2.75, 3.05) is 14.1 Å². The summed E-state index contributed by atoms with van der Waals surface area (Å²) in [6, 6.07) is 17.2. The molecule has 2 aromatic carbocycles. The molecule has 0 spiro atoms. The molecular formula is C22H27NO3. The summed E-state index contributed by atoms with van der Waals surface area (Å²) in [6.07, 6.45) is 3.70. The lowest BCUT2D eigenvalue weighted by Crippen LogP contribution is -2.45. The summed E-state index contributed by atoms with van der Waals surface area (Å²) in [5, 5.41) is 20.9. The molecule has 2 N–H and O–H groups in total. The first-order chi connectivity index (χ1) is 12.4. The van der Waals surface area contributed by atoms with E-state index in [9.17, 15) is 9.90 Å². The minimum atomic E-state index is -0.958. The Bertz CT molecular complexity index is 742. The number of carboxylic acid groups (broad SMARTS) is 1. The fraction of sp³-hybridized carbons (Fsp3) is 0.409. The van der Waals surface area contributed by atoms with E-state index in [1.807, 2.05) is 18.2 Å². The lowest BCUT2D eigenvalue weighted by molar-refractivity contribution is -0.0838. The van der Waals surface area contributed by atoms with Gasteiger partial charge in [0.1, 0.15) is 0 Å². The molecule has 0 bridgehead atoms. The third-order valence-electron chi connectivity index (χ3n) is 5.65. The minimum Gasteiger partial charge on any atom is -0.478 e. The third kappa shape index (κ3) is 3.53. The average molecular weight is 353 g/mol. The largest absolute Gasteiger partial charge is 0.478 e. The first-order valence-electron chi connectivity index (χ1n) is 9.21. The van der Waals surface area contributed by atoms with Gasteiger partial charge in [0.15, 0.2) is 0 Å². The molecule has 1 fully saturated rings. The maximum absolute atomic E-state index is 11.7. The van der Waals surface area contributed by atoms with E-state index in [-0.39, 0.29) is 17.5 Å². The van der Waals surface area contributed by atoms with Gasteiger partial charge in [-0.25, -0.2) is 4.79 Å². The molecule has 4 heteroatoms. The van der Waals surface area contributed by atoms with Crippen molar-refractivity contribution in [2.45, 2.75) is 37.3 Å². The molecule has 0 aromatic heterocycles. The smallest absolute Gasteiger partial charge is 0.335 e. The van der Waals surface area contributed by atoms with Crippen molar-refractivity contribution < 1.29 is 15.0 Å². The van der Waals surface area contributed by atoms with Crippen LogP contribution in [0.2, 0.25) is 0 Å². The molecular weight excluding hydrogens is 326 g/mol. The van der Waals surface area contributed by atoms with Gasteiger partial charge in [-0.2, -0.15) is 0 Å². The van der Waals surface area contributed by atoms with Crippen molar-refractivity contribution in [3.63, 3.8) is 0 Å². The van der Waals surface area contributed by atoms with Gasteiger partial charge in [-0.05, 0) is 50.2 Å². The van der Waals surface area contributed by atoms with Gasteiger partial charge in [0.2, 0.25) is 0 Å². The van der Waals surface area contributed by atoms with Gasteiger partial charge in [-0.15, -0.1) is 0 Å². The molecule has 26 heavy (non-hydrogen) atoms. The highest BCUT2D eigenvalue weighted by atomic mass is 16.4. The molecule has 0 saturated heterocycles. The lowest BCUT2D eigenvalue weighted by atomic mass is 9.67. The highest BCUT2D eigenvalue weighted by Gasteiger charge is 2.45. The Morgan fingerprint density at radius 3 is 2.31 bits per heavy atom. The average Bonchev–Trinajstić information content (AvgIpc) is 2.64. The van der Waals surface area contributed by atoms with Crippen LogP contribution >= 0.6 is 0 Å². The van der Waals surface area contributed by atoms with Crippen LogP contribution < -0.4 is 0 Å². The van der Waals surface area contributed by atoms with E-state index in [0.717, 1.165) is 24.8 Å². The Balaban J connectivity index is 2.01. The maximum atomic E-state index is 11.7. The SMILES string of the molecule is CN(C)C(c1ccccc1)C1CCCCC1(O)c1ccc(C(=O)O)cc1. The van der Waals surface area contributed by atoms with E-state index < -0.39 is 11.6 Å². The number of carboxylic acids is 1. The number of benzene rings is 2. The molecule has 3 atom stereocenters. The molecule has 2 aromatic rings. The van der Waals surface area contributed by atoms with Crippen molar-refractivity contribution in [1.82, 2.24) is 4.90 Å². The van der Waals surface area contributed by atoms with Crippen LogP contribution in [0.3, 0.4) is 0 Å². The third-order valence-corrected chi connectivity index (χ3v) is 5.65. The molecule has 0 radical (unpaired) electrons. The molecule has 4 nitrogen and oxygen atoms in total. The van der Waals surface area contributed by atoms with Gasteiger partial charge in [0.25, 0.3) is 0 Å². The topological polar surface area (TPSA) is 60.8 Å². The van der Waals surface area contributed by atoms with Gasteiger partial charge in [-0.1, -0.05) is 55.3 Å². The number of hydrogen-bond donors (Lipinski definition) is 2. The van der Waals surface area contributed by atoms with Crippen LogP contribution in [0.15, 0.2) is 54.6 Å². The Labute approximate surface area is 155 Å². The molecule has 1 saturated carbocycles. The zero-order valence-electron chi connectivity index (χ0n) is 15.4. The van der Waals surface area contributed by atoms with E-state index in [1.165, 1.54) is 5.56 Å². The van der Waals surface area contributed by atoms with E-state index >= 15 is 0 Å².